The number of aromatic amines is 1. The van der Waals surface area contributed by atoms with E-state index in [2.05, 4.69) is 10.2 Å². The van der Waals surface area contributed by atoms with Gasteiger partial charge in [0, 0.05) is 31.9 Å². The van der Waals surface area contributed by atoms with Crippen LogP contribution in [0.1, 0.15) is 27.3 Å². The number of hydrogen-bond acceptors (Lipinski definition) is 4. The first-order valence-corrected chi connectivity index (χ1v) is 9.62. The molecule has 0 radical (unpaired) electrons. The summed E-state index contributed by atoms with van der Waals surface area (Å²) < 4.78 is 27.3. The Bertz CT molecular complexity index is 896. The fourth-order valence-corrected chi connectivity index (χ4v) is 4.68. The van der Waals surface area contributed by atoms with E-state index in [-0.39, 0.29) is 19.0 Å². The van der Waals surface area contributed by atoms with Crippen LogP contribution in [0, 0.1) is 20.8 Å². The molecule has 1 amide bonds. The minimum Gasteiger partial charge on any atom is -0.335 e. The number of sulfonamides is 1. The van der Waals surface area contributed by atoms with Crippen LogP contribution in [0.25, 0.3) is 0 Å². The second kappa shape index (κ2) is 6.61. The van der Waals surface area contributed by atoms with E-state index in [1.165, 1.54) is 4.31 Å². The molecule has 0 unspecified atom stereocenters. The summed E-state index contributed by atoms with van der Waals surface area (Å²) in [5, 5.41) is 6.73. The maximum atomic E-state index is 12.9. The number of amides is 1. The summed E-state index contributed by atoms with van der Waals surface area (Å²) in [5.74, 6) is -0.173. The second-order valence-corrected chi connectivity index (χ2v) is 8.31. The fraction of sp³-hybridized carbons (Fsp3) is 0.412. The lowest BCUT2D eigenvalue weighted by Gasteiger charge is -2.34. The van der Waals surface area contributed by atoms with Crippen molar-refractivity contribution in [3.63, 3.8) is 0 Å². The van der Waals surface area contributed by atoms with Gasteiger partial charge in [0.1, 0.15) is 5.69 Å². The van der Waals surface area contributed by atoms with Gasteiger partial charge in [-0.05, 0) is 44.0 Å². The van der Waals surface area contributed by atoms with Crippen LogP contribution in [-0.2, 0) is 10.0 Å². The fourth-order valence-electron chi connectivity index (χ4n) is 2.95. The van der Waals surface area contributed by atoms with Crippen molar-refractivity contribution in [2.24, 2.45) is 0 Å². The molecule has 134 valence electrons. The van der Waals surface area contributed by atoms with E-state index < -0.39 is 10.0 Å². The number of rotatable bonds is 3. The highest BCUT2D eigenvalue weighted by Gasteiger charge is 2.31. The van der Waals surface area contributed by atoms with Gasteiger partial charge in [-0.25, -0.2) is 8.42 Å². The molecule has 2 aromatic rings. The highest BCUT2D eigenvalue weighted by Crippen LogP contribution is 2.22. The van der Waals surface area contributed by atoms with E-state index in [0.29, 0.717) is 23.7 Å². The first-order chi connectivity index (χ1) is 11.8. The molecule has 1 aliphatic heterocycles. The first kappa shape index (κ1) is 17.6. The minimum absolute atomic E-state index is 0.173. The predicted octanol–water partition coefficient (Wildman–Crippen LogP) is 1.48. The largest absolute Gasteiger partial charge is 0.335 e. The SMILES string of the molecule is Cc1ccc(C)c(S(=O)(=O)N2CCN(C(=O)c3cc(C)[nH]n3)CC2)c1. The number of hydrogen-bond donors (Lipinski definition) is 1. The number of carbonyl (C=O) groups excluding carboxylic acids is 1. The lowest BCUT2D eigenvalue weighted by molar-refractivity contribution is 0.0692. The number of H-pyrrole nitrogens is 1. The first-order valence-electron chi connectivity index (χ1n) is 8.18. The molecule has 7 nitrogen and oxygen atoms in total. The number of piperazine rings is 1. The lowest BCUT2D eigenvalue weighted by atomic mass is 10.2. The standard InChI is InChI=1S/C17H22N4O3S/c1-12-4-5-13(2)16(10-12)25(23,24)21-8-6-20(7-9-21)17(22)15-11-14(3)18-19-15/h4-5,10-11H,6-9H2,1-3H3,(H,18,19). The molecule has 1 aromatic carbocycles. The molecule has 0 saturated carbocycles. The zero-order valence-electron chi connectivity index (χ0n) is 14.6. The van der Waals surface area contributed by atoms with E-state index in [1.807, 2.05) is 26.0 Å². The molecular formula is C17H22N4O3S. The van der Waals surface area contributed by atoms with E-state index in [0.717, 1.165) is 16.8 Å². The predicted molar refractivity (Wildman–Crippen MR) is 93.9 cm³/mol. The molecule has 8 heteroatoms. The zero-order valence-corrected chi connectivity index (χ0v) is 15.4. The third-order valence-corrected chi connectivity index (χ3v) is 6.45. The van der Waals surface area contributed by atoms with E-state index in [9.17, 15) is 13.2 Å². The van der Waals surface area contributed by atoms with Crippen LogP contribution >= 0.6 is 0 Å². The van der Waals surface area contributed by atoms with Crippen molar-refractivity contribution in [3.8, 4) is 0 Å². The molecule has 1 fully saturated rings. The number of nitrogens with one attached hydrogen (secondary N) is 1. The van der Waals surface area contributed by atoms with E-state index in [4.69, 9.17) is 0 Å². The number of aryl methyl sites for hydroxylation is 3. The topological polar surface area (TPSA) is 86.4 Å². The Kier molecular flexibility index (Phi) is 4.66. The average Bonchev–Trinajstić information content (AvgIpc) is 3.03. The number of carbonyl (C=O) groups is 1. The molecule has 0 aliphatic carbocycles. The third kappa shape index (κ3) is 3.45. The molecule has 0 spiro atoms. The summed E-state index contributed by atoms with van der Waals surface area (Å²) in [4.78, 5) is 14.4. The summed E-state index contributed by atoms with van der Waals surface area (Å²) >= 11 is 0. The van der Waals surface area contributed by atoms with Gasteiger partial charge >= 0.3 is 0 Å². The van der Waals surface area contributed by atoms with Crippen molar-refractivity contribution in [2.45, 2.75) is 25.7 Å². The normalized spacial score (nSPS) is 16.2. The highest BCUT2D eigenvalue weighted by atomic mass is 32.2. The molecule has 0 atom stereocenters. The molecular weight excluding hydrogens is 340 g/mol. The van der Waals surface area contributed by atoms with Gasteiger partial charge in [0.15, 0.2) is 0 Å². The average molecular weight is 362 g/mol. The van der Waals surface area contributed by atoms with Crippen LogP contribution < -0.4 is 0 Å². The maximum absolute atomic E-state index is 12.9. The van der Waals surface area contributed by atoms with Crippen molar-refractivity contribution in [1.29, 1.82) is 0 Å². The van der Waals surface area contributed by atoms with Gasteiger partial charge in [0.05, 0.1) is 4.90 Å². The third-order valence-electron chi connectivity index (χ3n) is 4.41. The van der Waals surface area contributed by atoms with Crippen molar-refractivity contribution in [1.82, 2.24) is 19.4 Å². The summed E-state index contributed by atoms with van der Waals surface area (Å²) in [6, 6.07) is 7.12. The van der Waals surface area contributed by atoms with Crippen molar-refractivity contribution >= 4 is 15.9 Å². The Labute approximate surface area is 147 Å². The molecule has 2 heterocycles. The zero-order chi connectivity index (χ0) is 18.2. The van der Waals surface area contributed by atoms with Gasteiger partial charge in [-0.15, -0.1) is 0 Å². The van der Waals surface area contributed by atoms with Crippen LogP contribution in [0.4, 0.5) is 0 Å². The Balaban J connectivity index is 1.73. The number of benzene rings is 1. The molecule has 1 aromatic heterocycles. The van der Waals surface area contributed by atoms with Crippen LogP contribution in [0.3, 0.4) is 0 Å². The van der Waals surface area contributed by atoms with Crippen LogP contribution in [-0.4, -0.2) is 59.9 Å². The number of aromatic nitrogens is 2. The Morgan fingerprint density at radius 1 is 1.08 bits per heavy atom. The van der Waals surface area contributed by atoms with Gasteiger partial charge in [0.2, 0.25) is 10.0 Å². The molecule has 0 bridgehead atoms. The van der Waals surface area contributed by atoms with Gasteiger partial charge in [0.25, 0.3) is 5.91 Å². The Morgan fingerprint density at radius 3 is 2.36 bits per heavy atom. The minimum atomic E-state index is -3.55. The van der Waals surface area contributed by atoms with E-state index in [1.54, 1.807) is 24.0 Å². The van der Waals surface area contributed by atoms with Crippen LogP contribution in [0.15, 0.2) is 29.2 Å². The van der Waals surface area contributed by atoms with Gasteiger partial charge in [-0.2, -0.15) is 9.40 Å². The molecule has 1 saturated heterocycles. The second-order valence-electron chi connectivity index (χ2n) is 6.40. The summed E-state index contributed by atoms with van der Waals surface area (Å²) in [6.07, 6.45) is 0. The van der Waals surface area contributed by atoms with E-state index >= 15 is 0 Å². The van der Waals surface area contributed by atoms with Gasteiger partial charge < -0.3 is 4.90 Å². The molecule has 1 aliphatic rings. The Morgan fingerprint density at radius 2 is 1.76 bits per heavy atom. The van der Waals surface area contributed by atoms with Crippen molar-refractivity contribution in [2.75, 3.05) is 26.2 Å². The lowest BCUT2D eigenvalue weighted by Crippen LogP contribution is -2.50. The van der Waals surface area contributed by atoms with Crippen molar-refractivity contribution in [3.05, 3.63) is 46.8 Å². The number of nitrogens with zero attached hydrogens (tertiary/aromatic N) is 3. The molecule has 3 rings (SSSR count). The monoisotopic (exact) mass is 362 g/mol. The van der Waals surface area contributed by atoms with Gasteiger partial charge in [-0.1, -0.05) is 12.1 Å². The Hall–Kier alpha value is -2.19. The van der Waals surface area contributed by atoms with Gasteiger partial charge in [-0.3, -0.25) is 9.89 Å². The molecule has 25 heavy (non-hydrogen) atoms. The smallest absolute Gasteiger partial charge is 0.274 e. The summed E-state index contributed by atoms with van der Waals surface area (Å²) in [7, 11) is -3.55. The van der Waals surface area contributed by atoms with Crippen LogP contribution in [0.5, 0.6) is 0 Å². The summed E-state index contributed by atoms with van der Waals surface area (Å²) in [5.41, 5.74) is 2.82. The molecule has 1 N–H and O–H groups in total. The quantitative estimate of drug-likeness (QED) is 0.896. The van der Waals surface area contributed by atoms with Crippen LogP contribution in [0.2, 0.25) is 0 Å². The maximum Gasteiger partial charge on any atom is 0.274 e. The van der Waals surface area contributed by atoms with Crippen molar-refractivity contribution < 1.29 is 13.2 Å². The highest BCUT2D eigenvalue weighted by molar-refractivity contribution is 7.89. The summed E-state index contributed by atoms with van der Waals surface area (Å²) in [6.45, 7) is 6.78.